The molecule has 0 aliphatic rings. The summed E-state index contributed by atoms with van der Waals surface area (Å²) in [6.45, 7) is 3.23. The summed E-state index contributed by atoms with van der Waals surface area (Å²) in [6, 6.07) is 12.8. The molecule has 19 heavy (non-hydrogen) atoms. The third-order valence-corrected chi connectivity index (χ3v) is 5.31. The van der Waals surface area contributed by atoms with Crippen LogP contribution in [0.3, 0.4) is 0 Å². The van der Waals surface area contributed by atoms with Crippen molar-refractivity contribution in [2.45, 2.75) is 18.7 Å². The highest BCUT2D eigenvalue weighted by atomic mass is 35.5. The molecule has 0 aliphatic heterocycles. The van der Waals surface area contributed by atoms with Gasteiger partial charge in [-0.3, -0.25) is 0 Å². The van der Waals surface area contributed by atoms with Gasteiger partial charge in [0.2, 0.25) is 0 Å². The molecule has 1 heterocycles. The Labute approximate surface area is 128 Å². The second-order valence-corrected chi connectivity index (χ2v) is 6.83. The SMILES string of the molecule is CC(NCCSCc1ccccc1Cl)c1cccs1. The lowest BCUT2D eigenvalue weighted by molar-refractivity contribution is 0.610. The van der Waals surface area contributed by atoms with Crippen LogP contribution in [0.1, 0.15) is 23.4 Å². The van der Waals surface area contributed by atoms with Crippen LogP contribution in [0.15, 0.2) is 41.8 Å². The molecule has 0 radical (unpaired) electrons. The largest absolute Gasteiger partial charge is 0.309 e. The Kier molecular flexibility index (Phi) is 6.24. The molecule has 102 valence electrons. The van der Waals surface area contributed by atoms with Gasteiger partial charge in [-0.25, -0.2) is 0 Å². The van der Waals surface area contributed by atoms with Crippen molar-refractivity contribution in [2.24, 2.45) is 0 Å². The van der Waals surface area contributed by atoms with E-state index in [0.717, 1.165) is 23.1 Å². The van der Waals surface area contributed by atoms with Crippen molar-refractivity contribution in [3.63, 3.8) is 0 Å². The molecule has 1 aromatic carbocycles. The molecule has 1 unspecified atom stereocenters. The van der Waals surface area contributed by atoms with E-state index in [9.17, 15) is 0 Å². The first kappa shape index (κ1) is 14.9. The second-order valence-electron chi connectivity index (χ2n) is 4.34. The Bertz CT molecular complexity index is 485. The summed E-state index contributed by atoms with van der Waals surface area (Å²) in [5.41, 5.74) is 1.22. The highest BCUT2D eigenvalue weighted by Crippen LogP contribution is 2.21. The van der Waals surface area contributed by atoms with E-state index in [2.05, 4.69) is 35.8 Å². The molecule has 1 N–H and O–H groups in total. The van der Waals surface area contributed by atoms with E-state index in [1.54, 1.807) is 11.3 Å². The van der Waals surface area contributed by atoms with Crippen LogP contribution in [0.5, 0.6) is 0 Å². The van der Waals surface area contributed by atoms with E-state index in [4.69, 9.17) is 11.6 Å². The Balaban J connectivity index is 1.64. The molecule has 1 nitrogen and oxygen atoms in total. The minimum Gasteiger partial charge on any atom is -0.309 e. The lowest BCUT2D eigenvalue weighted by atomic mass is 10.2. The molecule has 0 spiro atoms. The molecule has 2 rings (SSSR count). The van der Waals surface area contributed by atoms with Crippen LogP contribution in [-0.2, 0) is 5.75 Å². The number of benzene rings is 1. The van der Waals surface area contributed by atoms with Gasteiger partial charge in [-0.05, 0) is 30.0 Å². The summed E-state index contributed by atoms with van der Waals surface area (Å²) < 4.78 is 0. The van der Waals surface area contributed by atoms with E-state index in [-0.39, 0.29) is 0 Å². The van der Waals surface area contributed by atoms with Crippen LogP contribution < -0.4 is 5.32 Å². The van der Waals surface area contributed by atoms with Crippen molar-refractivity contribution < 1.29 is 0 Å². The zero-order valence-electron chi connectivity index (χ0n) is 10.9. The predicted octanol–water partition coefficient (Wildman–Crippen LogP) is 4.99. The topological polar surface area (TPSA) is 12.0 Å². The first-order valence-corrected chi connectivity index (χ1v) is 8.76. The number of thiophene rings is 1. The highest BCUT2D eigenvalue weighted by molar-refractivity contribution is 7.98. The average Bonchev–Trinajstić information content (AvgIpc) is 2.94. The van der Waals surface area contributed by atoms with Gasteiger partial charge in [0.25, 0.3) is 0 Å². The van der Waals surface area contributed by atoms with E-state index in [1.165, 1.54) is 10.4 Å². The van der Waals surface area contributed by atoms with Crippen LogP contribution in [-0.4, -0.2) is 12.3 Å². The summed E-state index contributed by atoms with van der Waals surface area (Å²) in [5, 5.41) is 6.54. The fraction of sp³-hybridized carbons (Fsp3) is 0.333. The monoisotopic (exact) mass is 311 g/mol. The van der Waals surface area contributed by atoms with Crippen molar-refractivity contribution in [1.82, 2.24) is 5.32 Å². The Morgan fingerprint density at radius 2 is 2.11 bits per heavy atom. The highest BCUT2D eigenvalue weighted by Gasteiger charge is 2.04. The van der Waals surface area contributed by atoms with Gasteiger partial charge in [-0.1, -0.05) is 35.9 Å². The van der Waals surface area contributed by atoms with E-state index in [0.29, 0.717) is 6.04 Å². The Morgan fingerprint density at radius 3 is 2.84 bits per heavy atom. The van der Waals surface area contributed by atoms with Crippen molar-refractivity contribution >= 4 is 34.7 Å². The van der Waals surface area contributed by atoms with Gasteiger partial charge in [0.05, 0.1) is 0 Å². The molecule has 0 saturated heterocycles. The quantitative estimate of drug-likeness (QED) is 0.723. The summed E-state index contributed by atoms with van der Waals surface area (Å²) in [7, 11) is 0. The maximum atomic E-state index is 6.13. The summed E-state index contributed by atoms with van der Waals surface area (Å²) >= 11 is 9.85. The molecule has 0 saturated carbocycles. The second kappa shape index (κ2) is 7.95. The maximum Gasteiger partial charge on any atom is 0.0446 e. The zero-order chi connectivity index (χ0) is 13.5. The number of hydrogen-bond donors (Lipinski definition) is 1. The van der Waals surface area contributed by atoms with E-state index in [1.807, 2.05) is 30.0 Å². The van der Waals surface area contributed by atoms with Gasteiger partial charge in [0, 0.05) is 34.0 Å². The molecule has 0 fully saturated rings. The molecule has 1 atom stereocenters. The summed E-state index contributed by atoms with van der Waals surface area (Å²) in [6.07, 6.45) is 0. The summed E-state index contributed by atoms with van der Waals surface area (Å²) in [4.78, 5) is 1.40. The zero-order valence-corrected chi connectivity index (χ0v) is 13.3. The van der Waals surface area contributed by atoms with Crippen LogP contribution in [0.25, 0.3) is 0 Å². The molecule has 1 aromatic heterocycles. The normalized spacial score (nSPS) is 12.5. The van der Waals surface area contributed by atoms with E-state index >= 15 is 0 Å². The number of rotatable bonds is 7. The average molecular weight is 312 g/mol. The Hall–Kier alpha value is -0.480. The third-order valence-electron chi connectivity index (χ3n) is 2.88. The first-order chi connectivity index (χ1) is 9.27. The van der Waals surface area contributed by atoms with E-state index < -0.39 is 0 Å². The van der Waals surface area contributed by atoms with Gasteiger partial charge >= 0.3 is 0 Å². The van der Waals surface area contributed by atoms with Crippen LogP contribution in [0, 0.1) is 0 Å². The van der Waals surface area contributed by atoms with Gasteiger partial charge in [0.1, 0.15) is 0 Å². The predicted molar refractivity (Wildman–Crippen MR) is 88.4 cm³/mol. The Morgan fingerprint density at radius 1 is 1.26 bits per heavy atom. The minimum atomic E-state index is 0.445. The fourth-order valence-electron chi connectivity index (χ4n) is 1.78. The summed E-state index contributed by atoms with van der Waals surface area (Å²) in [5.74, 6) is 2.08. The molecule has 0 aliphatic carbocycles. The number of halogens is 1. The number of thioether (sulfide) groups is 1. The molecule has 2 aromatic rings. The first-order valence-electron chi connectivity index (χ1n) is 6.35. The smallest absolute Gasteiger partial charge is 0.0446 e. The van der Waals surface area contributed by atoms with Gasteiger partial charge in [-0.15, -0.1) is 11.3 Å². The van der Waals surface area contributed by atoms with Gasteiger partial charge in [-0.2, -0.15) is 11.8 Å². The van der Waals surface area contributed by atoms with Crippen molar-refractivity contribution in [3.05, 3.63) is 57.2 Å². The number of hydrogen-bond acceptors (Lipinski definition) is 3. The lowest BCUT2D eigenvalue weighted by Gasteiger charge is -2.11. The van der Waals surface area contributed by atoms with Crippen LogP contribution in [0.4, 0.5) is 0 Å². The molecule has 0 bridgehead atoms. The van der Waals surface area contributed by atoms with Crippen molar-refractivity contribution in [2.75, 3.05) is 12.3 Å². The standard InChI is InChI=1S/C15H18ClNS2/c1-12(15-7-4-9-19-15)17-8-10-18-11-13-5-2-3-6-14(13)16/h2-7,9,12,17H,8,10-11H2,1H3. The van der Waals surface area contributed by atoms with Gasteiger partial charge in [0.15, 0.2) is 0 Å². The maximum absolute atomic E-state index is 6.13. The molecular weight excluding hydrogens is 294 g/mol. The van der Waals surface area contributed by atoms with Gasteiger partial charge < -0.3 is 5.32 Å². The van der Waals surface area contributed by atoms with Crippen molar-refractivity contribution in [3.8, 4) is 0 Å². The van der Waals surface area contributed by atoms with Crippen molar-refractivity contribution in [1.29, 1.82) is 0 Å². The number of nitrogens with one attached hydrogen (secondary N) is 1. The third kappa shape index (κ3) is 4.84. The van der Waals surface area contributed by atoms with Crippen LogP contribution in [0.2, 0.25) is 5.02 Å². The molecular formula is C15H18ClNS2. The molecule has 0 amide bonds. The fourth-order valence-corrected chi connectivity index (χ4v) is 3.70. The lowest BCUT2D eigenvalue weighted by Crippen LogP contribution is -2.20. The minimum absolute atomic E-state index is 0.445. The van der Waals surface area contributed by atoms with Crippen LogP contribution >= 0.6 is 34.7 Å². The molecule has 4 heteroatoms.